The van der Waals surface area contributed by atoms with Crippen molar-refractivity contribution in [1.29, 1.82) is 0 Å². The molecule has 0 aliphatic heterocycles. The normalized spacial score (nSPS) is 14.3. The molecule has 0 aliphatic rings. The van der Waals surface area contributed by atoms with Crippen molar-refractivity contribution in [3.63, 3.8) is 0 Å². The van der Waals surface area contributed by atoms with Crippen LogP contribution in [0.5, 0.6) is 0 Å². The Balaban J connectivity index is 2.88. The molecule has 1 atom stereocenters. The first-order valence-electron chi connectivity index (χ1n) is 5.86. The topological polar surface area (TPSA) is 83.5 Å². The molecular formula is C12H19NO4S2. The molecule has 1 rings (SSSR count). The van der Waals surface area contributed by atoms with E-state index in [-0.39, 0.29) is 27.7 Å². The van der Waals surface area contributed by atoms with Crippen LogP contribution in [-0.2, 0) is 10.0 Å². The molecule has 0 aromatic carbocycles. The molecule has 0 amide bonds. The second-order valence-electron chi connectivity index (χ2n) is 5.54. The van der Waals surface area contributed by atoms with Crippen LogP contribution in [0.1, 0.15) is 37.4 Å². The van der Waals surface area contributed by atoms with E-state index in [1.54, 1.807) is 0 Å². The summed E-state index contributed by atoms with van der Waals surface area (Å²) in [5.41, 5.74) is -0.0210. The number of carboxylic acid groups (broad SMARTS) is 1. The van der Waals surface area contributed by atoms with Gasteiger partial charge in [-0.05, 0) is 22.8 Å². The van der Waals surface area contributed by atoms with Gasteiger partial charge in [-0.3, -0.25) is 0 Å². The van der Waals surface area contributed by atoms with Crippen LogP contribution in [0.4, 0.5) is 0 Å². The van der Waals surface area contributed by atoms with Crippen molar-refractivity contribution in [2.75, 3.05) is 6.54 Å². The fourth-order valence-corrected chi connectivity index (χ4v) is 3.67. The number of carbonyl (C=O) groups is 1. The molecule has 1 heterocycles. The summed E-state index contributed by atoms with van der Waals surface area (Å²) in [6, 6.07) is 1.32. The number of hydrogen-bond acceptors (Lipinski definition) is 4. The van der Waals surface area contributed by atoms with Gasteiger partial charge in [0, 0.05) is 6.54 Å². The summed E-state index contributed by atoms with van der Waals surface area (Å²) in [5.74, 6) is -1.09. The highest BCUT2D eigenvalue weighted by Gasteiger charge is 2.26. The number of rotatable bonds is 5. The van der Waals surface area contributed by atoms with Crippen LogP contribution >= 0.6 is 11.3 Å². The zero-order valence-corrected chi connectivity index (χ0v) is 13.1. The molecule has 1 aromatic heterocycles. The first-order chi connectivity index (χ1) is 8.55. The van der Waals surface area contributed by atoms with Crippen molar-refractivity contribution in [1.82, 2.24) is 4.72 Å². The van der Waals surface area contributed by atoms with Crippen LogP contribution in [0.15, 0.2) is 16.3 Å². The van der Waals surface area contributed by atoms with E-state index in [9.17, 15) is 13.2 Å². The summed E-state index contributed by atoms with van der Waals surface area (Å²) in [7, 11) is -3.77. The lowest BCUT2D eigenvalue weighted by atomic mass is 9.82. The highest BCUT2D eigenvalue weighted by Crippen LogP contribution is 2.26. The predicted molar refractivity (Wildman–Crippen MR) is 75.1 cm³/mol. The van der Waals surface area contributed by atoms with Gasteiger partial charge in [0.15, 0.2) is 0 Å². The van der Waals surface area contributed by atoms with Gasteiger partial charge in [-0.1, -0.05) is 27.7 Å². The summed E-state index contributed by atoms with van der Waals surface area (Å²) in [5, 5.41) is 10.4. The van der Waals surface area contributed by atoms with Gasteiger partial charge in [-0.2, -0.15) is 0 Å². The number of hydrogen-bond donors (Lipinski definition) is 2. The number of nitrogens with one attached hydrogen (secondary N) is 1. The third kappa shape index (κ3) is 4.02. The van der Waals surface area contributed by atoms with E-state index in [0.29, 0.717) is 0 Å². The van der Waals surface area contributed by atoms with Crippen LogP contribution in [0.2, 0.25) is 0 Å². The second kappa shape index (κ2) is 5.60. The molecule has 1 aromatic rings. The van der Waals surface area contributed by atoms with E-state index in [2.05, 4.69) is 4.72 Å². The first-order valence-corrected chi connectivity index (χ1v) is 8.22. The van der Waals surface area contributed by atoms with E-state index >= 15 is 0 Å². The van der Waals surface area contributed by atoms with Crippen LogP contribution in [0.25, 0.3) is 0 Å². The smallest absolute Gasteiger partial charge is 0.347 e. The first kappa shape index (κ1) is 16.1. The summed E-state index contributed by atoms with van der Waals surface area (Å²) in [6.07, 6.45) is 0. The molecular weight excluding hydrogens is 286 g/mol. The molecule has 0 radical (unpaired) electrons. The quantitative estimate of drug-likeness (QED) is 0.875. The lowest BCUT2D eigenvalue weighted by molar-refractivity contribution is 0.0698. The van der Waals surface area contributed by atoms with Crippen molar-refractivity contribution in [3.05, 3.63) is 16.3 Å². The monoisotopic (exact) mass is 305 g/mol. The molecule has 0 aliphatic carbocycles. The predicted octanol–water partition coefficient (Wildman–Crippen LogP) is 2.41. The largest absolute Gasteiger partial charge is 0.477 e. The van der Waals surface area contributed by atoms with E-state index in [0.717, 1.165) is 11.3 Å². The van der Waals surface area contributed by atoms with Crippen molar-refractivity contribution >= 4 is 27.3 Å². The highest BCUT2D eigenvalue weighted by molar-refractivity contribution is 7.89. The van der Waals surface area contributed by atoms with Crippen molar-refractivity contribution in [2.45, 2.75) is 32.6 Å². The van der Waals surface area contributed by atoms with E-state index in [1.165, 1.54) is 11.4 Å². The van der Waals surface area contributed by atoms with Gasteiger partial charge >= 0.3 is 5.97 Å². The Bertz CT molecular complexity index is 555. The van der Waals surface area contributed by atoms with Gasteiger partial charge in [0.05, 0.1) is 0 Å². The zero-order chi connectivity index (χ0) is 14.8. The minimum atomic E-state index is -3.77. The van der Waals surface area contributed by atoms with Crippen molar-refractivity contribution in [3.8, 4) is 0 Å². The number of carboxylic acids is 1. The molecule has 7 heteroatoms. The molecule has 0 spiro atoms. The van der Waals surface area contributed by atoms with E-state index < -0.39 is 16.0 Å². The maximum atomic E-state index is 12.1. The number of thiophene rings is 1. The summed E-state index contributed by atoms with van der Waals surface area (Å²) >= 11 is 0.906. The lowest BCUT2D eigenvalue weighted by Gasteiger charge is -2.27. The molecule has 108 valence electrons. The maximum absolute atomic E-state index is 12.1. The Morgan fingerprint density at radius 3 is 2.53 bits per heavy atom. The molecule has 19 heavy (non-hydrogen) atoms. The fraction of sp³-hybridized carbons (Fsp3) is 0.583. The van der Waals surface area contributed by atoms with Crippen LogP contribution in [0.3, 0.4) is 0 Å². The molecule has 1 unspecified atom stereocenters. The lowest BCUT2D eigenvalue weighted by Crippen LogP contribution is -2.34. The minimum absolute atomic E-state index is 0.0210. The average molecular weight is 305 g/mol. The Labute approximate surface area is 117 Å². The Morgan fingerprint density at radius 2 is 2.05 bits per heavy atom. The van der Waals surface area contributed by atoms with Crippen LogP contribution in [0, 0.1) is 11.3 Å². The molecule has 5 nitrogen and oxygen atoms in total. The number of aromatic carboxylic acids is 1. The fourth-order valence-electron chi connectivity index (χ4n) is 1.28. The Kier molecular flexibility index (Phi) is 4.76. The standard InChI is InChI=1S/C12H19NO4S2/c1-8(12(2,3)4)7-13-19(16,17)9-5-6-18-10(9)11(14)15/h5-6,8,13H,7H2,1-4H3,(H,14,15). The highest BCUT2D eigenvalue weighted by atomic mass is 32.2. The molecule has 2 N–H and O–H groups in total. The summed E-state index contributed by atoms with van der Waals surface area (Å²) in [6.45, 7) is 8.31. The average Bonchev–Trinajstić information content (AvgIpc) is 2.74. The minimum Gasteiger partial charge on any atom is -0.477 e. The molecule has 0 saturated heterocycles. The van der Waals surface area contributed by atoms with Gasteiger partial charge in [0.25, 0.3) is 0 Å². The van der Waals surface area contributed by atoms with Crippen molar-refractivity contribution in [2.24, 2.45) is 11.3 Å². The molecule has 0 bridgehead atoms. The third-order valence-corrected chi connectivity index (χ3v) is 5.67. The second-order valence-corrected chi connectivity index (χ2v) is 8.19. The van der Waals surface area contributed by atoms with Gasteiger partial charge in [0.2, 0.25) is 10.0 Å². The summed E-state index contributed by atoms with van der Waals surface area (Å²) < 4.78 is 26.6. The van der Waals surface area contributed by atoms with Crippen LogP contribution in [-0.4, -0.2) is 26.0 Å². The Hall–Kier alpha value is -0.920. The SMILES string of the molecule is CC(CNS(=O)(=O)c1ccsc1C(=O)O)C(C)(C)C. The van der Waals surface area contributed by atoms with Gasteiger partial charge in [-0.25, -0.2) is 17.9 Å². The maximum Gasteiger partial charge on any atom is 0.347 e. The van der Waals surface area contributed by atoms with Crippen LogP contribution < -0.4 is 4.72 Å². The molecule has 0 saturated carbocycles. The van der Waals surface area contributed by atoms with E-state index in [1.807, 2.05) is 27.7 Å². The van der Waals surface area contributed by atoms with Gasteiger partial charge in [0.1, 0.15) is 9.77 Å². The van der Waals surface area contributed by atoms with Gasteiger partial charge in [-0.15, -0.1) is 11.3 Å². The number of sulfonamides is 1. The zero-order valence-electron chi connectivity index (χ0n) is 11.4. The van der Waals surface area contributed by atoms with Gasteiger partial charge < -0.3 is 5.11 Å². The third-order valence-electron chi connectivity index (χ3n) is 3.17. The van der Waals surface area contributed by atoms with E-state index in [4.69, 9.17) is 5.11 Å². The van der Waals surface area contributed by atoms with Crippen molar-refractivity contribution < 1.29 is 18.3 Å². The Morgan fingerprint density at radius 1 is 1.47 bits per heavy atom. The molecule has 0 fully saturated rings. The summed E-state index contributed by atoms with van der Waals surface area (Å²) in [4.78, 5) is 10.6.